The molecule has 2 atom stereocenters. The number of rotatable bonds is 12. The molecule has 0 heterocycles. The second-order valence-electron chi connectivity index (χ2n) is 9.23. The molecule has 4 heteroatoms. The summed E-state index contributed by atoms with van der Waals surface area (Å²) in [6, 6.07) is -0.0449. The van der Waals surface area contributed by atoms with Crippen molar-refractivity contribution in [2.24, 2.45) is 10.4 Å². The van der Waals surface area contributed by atoms with Gasteiger partial charge in [0.25, 0.3) is 0 Å². The van der Waals surface area contributed by atoms with Gasteiger partial charge in [0.05, 0.1) is 11.8 Å². The predicted octanol–water partition coefficient (Wildman–Crippen LogP) is 7.08. The van der Waals surface area contributed by atoms with Gasteiger partial charge in [-0.25, -0.2) is 4.39 Å². The Balaban J connectivity index is 5.88. The third-order valence-corrected chi connectivity index (χ3v) is 5.67. The molecular formula is C26H48FN3. The van der Waals surface area contributed by atoms with Crippen LogP contribution >= 0.6 is 0 Å². The molecule has 174 valence electrons. The molecule has 0 rings (SSSR count). The maximum Gasteiger partial charge on any atom is 0.189 e. The Bertz CT molecular complexity index is 635. The van der Waals surface area contributed by atoms with Crippen molar-refractivity contribution in [3.63, 3.8) is 0 Å². The largest absolute Gasteiger partial charge is 0.378 e. The van der Waals surface area contributed by atoms with E-state index in [1.54, 1.807) is 14.0 Å². The Morgan fingerprint density at radius 1 is 1.10 bits per heavy atom. The normalized spacial score (nSPS) is 17.0. The molecule has 1 N–H and O–H groups in total. The number of halogens is 1. The molecule has 0 aliphatic rings. The molecule has 2 unspecified atom stereocenters. The van der Waals surface area contributed by atoms with Gasteiger partial charge in [-0.3, -0.25) is 10.3 Å². The summed E-state index contributed by atoms with van der Waals surface area (Å²) in [5, 5.41) is 2.61. The van der Waals surface area contributed by atoms with Gasteiger partial charge in [0.2, 0.25) is 0 Å². The maximum atomic E-state index is 13.8. The maximum absolute atomic E-state index is 13.8. The van der Waals surface area contributed by atoms with Crippen molar-refractivity contribution in [1.82, 2.24) is 10.2 Å². The van der Waals surface area contributed by atoms with E-state index >= 15 is 0 Å². The first-order valence-corrected chi connectivity index (χ1v) is 11.6. The van der Waals surface area contributed by atoms with E-state index in [1.165, 1.54) is 22.4 Å². The summed E-state index contributed by atoms with van der Waals surface area (Å²) in [4.78, 5) is 6.90. The van der Waals surface area contributed by atoms with Gasteiger partial charge < -0.3 is 4.90 Å². The van der Waals surface area contributed by atoms with Gasteiger partial charge in [0.1, 0.15) is 0 Å². The highest BCUT2D eigenvalue weighted by atomic mass is 19.1. The average Bonchev–Trinajstić information content (AvgIpc) is 2.67. The summed E-state index contributed by atoms with van der Waals surface area (Å²) in [5.41, 5.74) is 6.16. The van der Waals surface area contributed by atoms with Crippen molar-refractivity contribution >= 4 is 5.71 Å². The molecule has 0 saturated heterocycles. The number of hydrogen-bond acceptors (Lipinski definition) is 3. The second kappa shape index (κ2) is 13.8. The van der Waals surface area contributed by atoms with Gasteiger partial charge in [-0.15, -0.1) is 0 Å². The lowest BCUT2D eigenvalue weighted by atomic mass is 9.82. The van der Waals surface area contributed by atoms with Crippen LogP contribution in [-0.4, -0.2) is 43.6 Å². The van der Waals surface area contributed by atoms with E-state index in [0.29, 0.717) is 5.71 Å². The van der Waals surface area contributed by atoms with Crippen molar-refractivity contribution in [2.45, 2.75) is 100 Å². The molecule has 0 fully saturated rings. The number of alkyl halides is 1. The summed E-state index contributed by atoms with van der Waals surface area (Å²) >= 11 is 0. The highest BCUT2D eigenvalue weighted by Gasteiger charge is 2.20. The molecule has 0 aromatic heterocycles. The predicted molar refractivity (Wildman–Crippen MR) is 133 cm³/mol. The van der Waals surface area contributed by atoms with Gasteiger partial charge in [-0.1, -0.05) is 53.7 Å². The number of nitrogens with one attached hydrogen (secondary N) is 1. The lowest BCUT2D eigenvalue weighted by molar-refractivity contribution is 0.377. The van der Waals surface area contributed by atoms with Crippen LogP contribution in [0.2, 0.25) is 0 Å². The minimum absolute atomic E-state index is 0.0449. The topological polar surface area (TPSA) is 27.6 Å². The van der Waals surface area contributed by atoms with Gasteiger partial charge >= 0.3 is 0 Å². The van der Waals surface area contributed by atoms with E-state index in [2.05, 4.69) is 82.9 Å². The van der Waals surface area contributed by atoms with E-state index in [0.717, 1.165) is 32.2 Å². The molecule has 0 spiro atoms. The van der Waals surface area contributed by atoms with Crippen LogP contribution in [0.15, 0.2) is 39.6 Å². The summed E-state index contributed by atoms with van der Waals surface area (Å²) in [6.45, 7) is 20.6. The lowest BCUT2D eigenvalue weighted by Gasteiger charge is -2.30. The SMILES string of the molecule is CCCN(C)/C(C)=C(/C/C=C(\CC)C(=CC(C)N=C(C)C(F)NC)CC)C(C)(C)C. The van der Waals surface area contributed by atoms with Gasteiger partial charge in [0, 0.05) is 19.3 Å². The zero-order chi connectivity index (χ0) is 23.5. The molecule has 3 nitrogen and oxygen atoms in total. The number of nitrogens with zero attached hydrogens (tertiary/aromatic N) is 2. The first kappa shape index (κ1) is 28.6. The second-order valence-corrected chi connectivity index (χ2v) is 9.23. The molecule has 0 aromatic carbocycles. The Kier molecular flexibility index (Phi) is 13.1. The van der Waals surface area contributed by atoms with Crippen LogP contribution in [0.25, 0.3) is 0 Å². The Hall–Kier alpha value is -1.42. The zero-order valence-corrected chi connectivity index (χ0v) is 21.6. The third-order valence-electron chi connectivity index (χ3n) is 5.67. The molecule has 0 bridgehead atoms. The summed E-state index contributed by atoms with van der Waals surface area (Å²) < 4.78 is 13.8. The molecule has 0 saturated carbocycles. The molecule has 0 aliphatic carbocycles. The van der Waals surface area contributed by atoms with Crippen LogP contribution in [0.4, 0.5) is 4.39 Å². The molecule has 0 radical (unpaired) electrons. The Labute approximate surface area is 186 Å². The van der Waals surface area contributed by atoms with Crippen molar-refractivity contribution in [3.8, 4) is 0 Å². The minimum Gasteiger partial charge on any atom is -0.378 e. The van der Waals surface area contributed by atoms with Gasteiger partial charge in [-0.2, -0.15) is 0 Å². The van der Waals surface area contributed by atoms with E-state index in [-0.39, 0.29) is 11.5 Å². The lowest BCUT2D eigenvalue weighted by Crippen LogP contribution is -2.28. The standard InChI is InChI=1S/C26H48FN3/c1-12-17-30(11)21(6)24(26(7,8)9)16-15-22(13-2)23(14-3)18-19(4)29-20(5)25(27)28-10/h15,18-19,25,28H,12-14,16-17H2,1-11H3/b22-15+,23-18?,24-21-,29-20?. The summed E-state index contributed by atoms with van der Waals surface area (Å²) in [7, 11) is 3.80. The van der Waals surface area contributed by atoms with Crippen LogP contribution in [0.5, 0.6) is 0 Å². The minimum atomic E-state index is -1.19. The quantitative estimate of drug-likeness (QED) is 0.207. The van der Waals surface area contributed by atoms with Crippen LogP contribution in [-0.2, 0) is 0 Å². The first-order chi connectivity index (χ1) is 13.9. The fraction of sp³-hybridized carbons (Fsp3) is 0.731. The fourth-order valence-corrected chi connectivity index (χ4v) is 3.83. The number of hydrogen-bond donors (Lipinski definition) is 1. The van der Waals surface area contributed by atoms with E-state index in [9.17, 15) is 4.39 Å². The van der Waals surface area contributed by atoms with Crippen LogP contribution < -0.4 is 5.32 Å². The highest BCUT2D eigenvalue weighted by molar-refractivity contribution is 5.86. The van der Waals surface area contributed by atoms with Crippen molar-refractivity contribution in [3.05, 3.63) is 34.6 Å². The molecule has 0 amide bonds. The zero-order valence-electron chi connectivity index (χ0n) is 21.6. The number of allylic oxidation sites excluding steroid dienone is 5. The molecular weight excluding hydrogens is 373 g/mol. The fourth-order valence-electron chi connectivity index (χ4n) is 3.83. The van der Waals surface area contributed by atoms with Gasteiger partial charge in [-0.05, 0) is 75.6 Å². The Morgan fingerprint density at radius 2 is 1.67 bits per heavy atom. The summed E-state index contributed by atoms with van der Waals surface area (Å²) in [5.74, 6) is 0. The van der Waals surface area contributed by atoms with Crippen molar-refractivity contribution in [2.75, 3.05) is 20.6 Å². The third kappa shape index (κ3) is 9.59. The van der Waals surface area contributed by atoms with Crippen molar-refractivity contribution < 1.29 is 4.39 Å². The van der Waals surface area contributed by atoms with Crippen LogP contribution in [0.3, 0.4) is 0 Å². The van der Waals surface area contributed by atoms with Crippen LogP contribution in [0.1, 0.15) is 88.0 Å². The molecule has 0 aliphatic heterocycles. The van der Waals surface area contributed by atoms with Gasteiger partial charge in [0.15, 0.2) is 6.30 Å². The smallest absolute Gasteiger partial charge is 0.189 e. The van der Waals surface area contributed by atoms with E-state index in [1.807, 2.05) is 6.92 Å². The van der Waals surface area contributed by atoms with Crippen LogP contribution in [0, 0.1) is 5.41 Å². The average molecular weight is 422 g/mol. The van der Waals surface area contributed by atoms with E-state index in [4.69, 9.17) is 0 Å². The Morgan fingerprint density at radius 3 is 2.10 bits per heavy atom. The molecule has 30 heavy (non-hydrogen) atoms. The number of aliphatic imine (C=N–C) groups is 1. The van der Waals surface area contributed by atoms with E-state index < -0.39 is 6.30 Å². The molecule has 0 aromatic rings. The highest BCUT2D eigenvalue weighted by Crippen LogP contribution is 2.33. The summed E-state index contributed by atoms with van der Waals surface area (Å²) in [6.07, 6.45) is 7.44. The van der Waals surface area contributed by atoms with Crippen molar-refractivity contribution in [1.29, 1.82) is 0 Å². The first-order valence-electron chi connectivity index (χ1n) is 11.6. The monoisotopic (exact) mass is 421 g/mol.